The molecule has 0 aliphatic rings. The number of hydrogen-bond acceptors (Lipinski definition) is 4. The summed E-state index contributed by atoms with van der Waals surface area (Å²) in [4.78, 5) is 19.6. The summed E-state index contributed by atoms with van der Waals surface area (Å²) >= 11 is 5.72. The van der Waals surface area contributed by atoms with Crippen molar-refractivity contribution in [2.45, 2.75) is 6.54 Å². The van der Waals surface area contributed by atoms with Crippen molar-refractivity contribution in [2.24, 2.45) is 0 Å². The van der Waals surface area contributed by atoms with E-state index in [1.165, 1.54) is 24.5 Å². The zero-order valence-corrected chi connectivity index (χ0v) is 10.1. The second kappa shape index (κ2) is 5.46. The Labute approximate surface area is 108 Å². The molecule has 0 saturated carbocycles. The number of rotatable bonds is 3. The molecule has 1 heterocycles. The number of phenols is 1. The predicted molar refractivity (Wildman–Crippen MR) is 66.3 cm³/mol. The Morgan fingerprint density at radius 1 is 1.39 bits per heavy atom. The summed E-state index contributed by atoms with van der Waals surface area (Å²) in [5.41, 5.74) is 1.09. The van der Waals surface area contributed by atoms with Crippen molar-refractivity contribution in [1.29, 1.82) is 0 Å². The van der Waals surface area contributed by atoms with Crippen molar-refractivity contribution >= 4 is 17.5 Å². The first-order valence-corrected chi connectivity index (χ1v) is 5.56. The number of carbonyl (C=O) groups excluding carboxylic acids is 1. The lowest BCUT2D eigenvalue weighted by Crippen LogP contribution is -2.23. The van der Waals surface area contributed by atoms with Crippen LogP contribution in [0, 0.1) is 0 Å². The smallest absolute Gasteiger partial charge is 0.251 e. The van der Waals surface area contributed by atoms with Crippen LogP contribution >= 0.6 is 11.6 Å². The highest BCUT2D eigenvalue weighted by Crippen LogP contribution is 2.23. The van der Waals surface area contributed by atoms with Gasteiger partial charge in [0, 0.05) is 11.8 Å². The topological polar surface area (TPSA) is 75.1 Å². The van der Waals surface area contributed by atoms with Gasteiger partial charge in [0.2, 0.25) is 0 Å². The van der Waals surface area contributed by atoms with Crippen LogP contribution in [0.1, 0.15) is 16.1 Å². The highest BCUT2D eigenvalue weighted by Gasteiger charge is 2.08. The van der Waals surface area contributed by atoms with Crippen molar-refractivity contribution in [3.63, 3.8) is 0 Å². The van der Waals surface area contributed by atoms with Crippen molar-refractivity contribution < 1.29 is 9.90 Å². The fraction of sp³-hybridized carbons (Fsp3) is 0.0833. The average Bonchev–Trinajstić information content (AvgIpc) is 2.40. The average molecular weight is 264 g/mol. The zero-order valence-electron chi connectivity index (χ0n) is 9.30. The van der Waals surface area contributed by atoms with E-state index in [4.69, 9.17) is 11.6 Å². The fourth-order valence-corrected chi connectivity index (χ4v) is 1.52. The van der Waals surface area contributed by atoms with Gasteiger partial charge in [-0.1, -0.05) is 11.6 Å². The van der Waals surface area contributed by atoms with Gasteiger partial charge in [0.25, 0.3) is 5.91 Å². The van der Waals surface area contributed by atoms with Gasteiger partial charge < -0.3 is 10.4 Å². The molecule has 0 unspecified atom stereocenters. The van der Waals surface area contributed by atoms with Gasteiger partial charge in [0.15, 0.2) is 0 Å². The maximum atomic E-state index is 11.8. The molecule has 2 rings (SSSR count). The minimum Gasteiger partial charge on any atom is -0.506 e. The number of benzene rings is 1. The van der Waals surface area contributed by atoms with Crippen LogP contribution in [0.15, 0.2) is 36.8 Å². The van der Waals surface area contributed by atoms with E-state index in [2.05, 4.69) is 15.3 Å². The molecule has 6 heteroatoms. The monoisotopic (exact) mass is 263 g/mol. The number of aromatic hydroxyl groups is 1. The lowest BCUT2D eigenvalue weighted by molar-refractivity contribution is 0.0950. The third kappa shape index (κ3) is 2.95. The van der Waals surface area contributed by atoms with E-state index >= 15 is 0 Å². The Morgan fingerprint density at radius 3 is 2.89 bits per heavy atom. The zero-order chi connectivity index (χ0) is 13.0. The Hall–Kier alpha value is -2.14. The van der Waals surface area contributed by atoms with Gasteiger partial charge in [-0.25, -0.2) is 9.97 Å². The first-order chi connectivity index (χ1) is 8.66. The fourth-order valence-electron chi connectivity index (χ4n) is 1.34. The molecule has 1 amide bonds. The van der Waals surface area contributed by atoms with Crippen LogP contribution in [0.25, 0.3) is 0 Å². The second-order valence-electron chi connectivity index (χ2n) is 3.55. The molecule has 5 nitrogen and oxygen atoms in total. The molecule has 0 atom stereocenters. The molecule has 18 heavy (non-hydrogen) atoms. The van der Waals surface area contributed by atoms with Crippen molar-refractivity contribution in [1.82, 2.24) is 15.3 Å². The lowest BCUT2D eigenvalue weighted by Gasteiger charge is -2.05. The number of hydrogen-bond donors (Lipinski definition) is 2. The molecule has 0 radical (unpaired) electrons. The molecule has 92 valence electrons. The molecule has 2 N–H and O–H groups in total. The molecule has 2 aromatic rings. The first-order valence-electron chi connectivity index (χ1n) is 5.18. The van der Waals surface area contributed by atoms with Crippen LogP contribution in [0.2, 0.25) is 5.02 Å². The number of nitrogens with zero attached hydrogens (tertiary/aromatic N) is 2. The third-order valence-corrected chi connectivity index (χ3v) is 2.59. The van der Waals surface area contributed by atoms with E-state index in [0.29, 0.717) is 17.8 Å². The summed E-state index contributed by atoms with van der Waals surface area (Å²) < 4.78 is 0. The van der Waals surface area contributed by atoms with Gasteiger partial charge in [-0.2, -0.15) is 0 Å². The van der Waals surface area contributed by atoms with Crippen molar-refractivity contribution in [3.05, 3.63) is 53.1 Å². The summed E-state index contributed by atoms with van der Waals surface area (Å²) in [6.07, 6.45) is 3.02. The molecule has 0 spiro atoms. The maximum absolute atomic E-state index is 11.8. The molecular weight excluding hydrogens is 254 g/mol. The summed E-state index contributed by atoms with van der Waals surface area (Å²) in [5.74, 6) is -0.334. The summed E-state index contributed by atoms with van der Waals surface area (Å²) in [5, 5.41) is 12.1. The standard InChI is InChI=1S/C12H10ClN3O2/c13-10-5-8(1-2-11(10)17)12(18)15-6-9-3-4-14-7-16-9/h1-5,7,17H,6H2,(H,15,18). The number of carbonyl (C=O) groups is 1. The van der Waals surface area contributed by atoms with E-state index in [1.54, 1.807) is 12.3 Å². The first kappa shape index (κ1) is 12.3. The summed E-state index contributed by atoms with van der Waals surface area (Å²) in [7, 11) is 0. The largest absolute Gasteiger partial charge is 0.506 e. The van der Waals surface area contributed by atoms with Crippen molar-refractivity contribution in [2.75, 3.05) is 0 Å². The third-order valence-electron chi connectivity index (χ3n) is 2.28. The predicted octanol–water partition coefficient (Wildman–Crippen LogP) is 1.77. The number of halogens is 1. The van der Waals surface area contributed by atoms with Crippen LogP contribution in [0.3, 0.4) is 0 Å². The van der Waals surface area contributed by atoms with Crippen LogP contribution in [-0.2, 0) is 6.54 Å². The second-order valence-corrected chi connectivity index (χ2v) is 3.96. The SMILES string of the molecule is O=C(NCc1ccncn1)c1ccc(O)c(Cl)c1. The number of nitrogens with one attached hydrogen (secondary N) is 1. The van der Waals surface area contributed by atoms with Crippen LogP contribution in [-0.4, -0.2) is 21.0 Å². The quantitative estimate of drug-likeness (QED) is 0.885. The Kier molecular flexibility index (Phi) is 3.74. The lowest BCUT2D eigenvalue weighted by atomic mass is 10.2. The van der Waals surface area contributed by atoms with E-state index in [9.17, 15) is 9.90 Å². The van der Waals surface area contributed by atoms with Crippen molar-refractivity contribution in [3.8, 4) is 5.75 Å². The summed E-state index contributed by atoms with van der Waals surface area (Å²) in [6.45, 7) is 0.305. The van der Waals surface area contributed by atoms with Gasteiger partial charge in [0.1, 0.15) is 12.1 Å². The van der Waals surface area contributed by atoms with Crippen LogP contribution in [0.4, 0.5) is 0 Å². The molecule has 0 fully saturated rings. The number of amides is 1. The van der Waals surface area contributed by atoms with Gasteiger partial charge >= 0.3 is 0 Å². The number of phenolic OH excluding ortho intramolecular Hbond substituents is 1. The Bertz CT molecular complexity index is 561. The molecule has 0 bridgehead atoms. The molecular formula is C12H10ClN3O2. The van der Waals surface area contributed by atoms with Gasteiger partial charge in [-0.05, 0) is 24.3 Å². The van der Waals surface area contributed by atoms with Crippen LogP contribution < -0.4 is 5.32 Å². The van der Waals surface area contributed by atoms with Gasteiger partial charge in [-0.3, -0.25) is 4.79 Å². The summed E-state index contributed by atoms with van der Waals surface area (Å²) in [6, 6.07) is 5.99. The Balaban J connectivity index is 2.02. The molecule has 0 aliphatic heterocycles. The highest BCUT2D eigenvalue weighted by molar-refractivity contribution is 6.32. The molecule has 1 aromatic heterocycles. The molecule has 0 aliphatic carbocycles. The minimum absolute atomic E-state index is 0.0518. The van der Waals surface area contributed by atoms with E-state index in [1.807, 2.05) is 0 Å². The Morgan fingerprint density at radius 2 is 2.22 bits per heavy atom. The van der Waals surface area contributed by atoms with E-state index in [0.717, 1.165) is 0 Å². The highest BCUT2D eigenvalue weighted by atomic mass is 35.5. The van der Waals surface area contributed by atoms with Gasteiger partial charge in [0.05, 0.1) is 17.3 Å². The normalized spacial score (nSPS) is 10.1. The molecule has 0 saturated heterocycles. The molecule has 1 aromatic carbocycles. The maximum Gasteiger partial charge on any atom is 0.251 e. The van der Waals surface area contributed by atoms with E-state index in [-0.39, 0.29) is 16.7 Å². The van der Waals surface area contributed by atoms with E-state index < -0.39 is 0 Å². The van der Waals surface area contributed by atoms with Gasteiger partial charge in [-0.15, -0.1) is 0 Å². The number of aromatic nitrogens is 2. The minimum atomic E-state index is -0.282. The van der Waals surface area contributed by atoms with Crippen LogP contribution in [0.5, 0.6) is 5.75 Å².